The van der Waals surface area contributed by atoms with Gasteiger partial charge in [0.15, 0.2) is 5.82 Å². The molecule has 3 nitrogen and oxygen atoms in total. The van der Waals surface area contributed by atoms with Gasteiger partial charge in [-0.2, -0.15) is 0 Å². The number of carbonyl (C=O) groups is 1. The maximum atomic E-state index is 12.9. The summed E-state index contributed by atoms with van der Waals surface area (Å²) in [5.74, 6) is -0.799. The molecule has 0 aromatic carbocycles. The van der Waals surface area contributed by atoms with Gasteiger partial charge in [-0.25, -0.2) is 9.37 Å². The smallest absolute Gasteiger partial charge is 0.255 e. The zero-order valence-corrected chi connectivity index (χ0v) is 8.80. The fourth-order valence-electron chi connectivity index (χ4n) is 0.796. The molecule has 0 bridgehead atoms. The number of hydrogen-bond acceptors (Lipinski definition) is 2. The van der Waals surface area contributed by atoms with E-state index in [9.17, 15) is 9.18 Å². The molecule has 0 fully saturated rings. The molecule has 0 spiro atoms. The second kappa shape index (κ2) is 3.83. The second-order valence-electron chi connectivity index (χ2n) is 2.70. The number of carbonyl (C=O) groups excluding carboxylic acids is 1. The Bertz CT molecular complexity index is 341. The van der Waals surface area contributed by atoms with Gasteiger partial charge in [0.05, 0.1) is 5.56 Å². The summed E-state index contributed by atoms with van der Waals surface area (Å²) in [7, 11) is 3.20. The van der Waals surface area contributed by atoms with Crippen molar-refractivity contribution < 1.29 is 9.18 Å². The Labute approximate surface area is 83.7 Å². The highest BCUT2D eigenvalue weighted by Gasteiger charge is 2.10. The van der Waals surface area contributed by atoms with Crippen LogP contribution in [0.4, 0.5) is 4.39 Å². The van der Waals surface area contributed by atoms with E-state index in [1.54, 1.807) is 14.1 Å². The van der Waals surface area contributed by atoms with Crippen LogP contribution in [0.25, 0.3) is 0 Å². The van der Waals surface area contributed by atoms with E-state index in [-0.39, 0.29) is 16.1 Å². The first-order valence-electron chi connectivity index (χ1n) is 3.55. The molecular weight excluding hydrogens is 239 g/mol. The number of halogens is 2. The number of rotatable bonds is 1. The summed E-state index contributed by atoms with van der Waals surface area (Å²) in [5, 5.41) is 0. The van der Waals surface area contributed by atoms with Crippen molar-refractivity contribution in [3.8, 4) is 0 Å². The maximum Gasteiger partial charge on any atom is 0.255 e. The van der Waals surface area contributed by atoms with Gasteiger partial charge in [-0.05, 0) is 22.0 Å². The molecule has 1 aromatic heterocycles. The van der Waals surface area contributed by atoms with Gasteiger partial charge in [0.1, 0.15) is 4.60 Å². The molecule has 0 radical (unpaired) electrons. The third kappa shape index (κ3) is 2.24. The molecule has 0 N–H and O–H groups in total. The predicted molar refractivity (Wildman–Crippen MR) is 49.9 cm³/mol. The molecule has 0 atom stereocenters. The Balaban J connectivity index is 3.04. The standard InChI is InChI=1S/C8H8BrFN2O/c1-12(2)8(13)5-3-6(10)7(9)11-4-5/h3-4H,1-2H3. The molecule has 0 saturated heterocycles. The third-order valence-electron chi connectivity index (χ3n) is 1.45. The molecule has 5 heteroatoms. The van der Waals surface area contributed by atoms with Crippen LogP contribution in [0.1, 0.15) is 10.4 Å². The minimum atomic E-state index is -0.535. The molecule has 0 saturated carbocycles. The van der Waals surface area contributed by atoms with Crippen molar-refractivity contribution in [1.82, 2.24) is 9.88 Å². The van der Waals surface area contributed by atoms with Crippen LogP contribution in [0.5, 0.6) is 0 Å². The Morgan fingerprint density at radius 3 is 2.69 bits per heavy atom. The maximum absolute atomic E-state index is 12.9. The normalized spacial score (nSPS) is 9.85. The monoisotopic (exact) mass is 246 g/mol. The Morgan fingerprint density at radius 2 is 2.23 bits per heavy atom. The highest BCUT2D eigenvalue weighted by Crippen LogP contribution is 2.13. The van der Waals surface area contributed by atoms with Gasteiger partial charge in [-0.15, -0.1) is 0 Å². The van der Waals surface area contributed by atoms with E-state index in [2.05, 4.69) is 20.9 Å². The van der Waals surface area contributed by atoms with Crippen molar-refractivity contribution in [1.29, 1.82) is 0 Å². The van der Waals surface area contributed by atoms with E-state index in [0.29, 0.717) is 0 Å². The summed E-state index contributed by atoms with van der Waals surface area (Å²) in [6.07, 6.45) is 1.33. The number of aromatic nitrogens is 1. The molecule has 0 unspecified atom stereocenters. The minimum absolute atomic E-state index is 0.114. The minimum Gasteiger partial charge on any atom is -0.345 e. The lowest BCUT2D eigenvalue weighted by molar-refractivity contribution is 0.0826. The molecule has 0 aliphatic rings. The number of hydrogen-bond donors (Lipinski definition) is 0. The van der Waals surface area contributed by atoms with Crippen molar-refractivity contribution >= 4 is 21.8 Å². The molecular formula is C8H8BrFN2O. The largest absolute Gasteiger partial charge is 0.345 e. The summed E-state index contributed by atoms with van der Waals surface area (Å²) in [5.41, 5.74) is 0.241. The summed E-state index contributed by atoms with van der Waals surface area (Å²) in [4.78, 5) is 16.4. The second-order valence-corrected chi connectivity index (χ2v) is 3.45. The SMILES string of the molecule is CN(C)C(=O)c1cnc(Br)c(F)c1. The zero-order valence-electron chi connectivity index (χ0n) is 7.21. The lowest BCUT2D eigenvalue weighted by Crippen LogP contribution is -2.21. The van der Waals surface area contributed by atoms with Crippen LogP contribution in [-0.4, -0.2) is 29.9 Å². The van der Waals surface area contributed by atoms with Gasteiger partial charge >= 0.3 is 0 Å². The molecule has 0 aliphatic carbocycles. The molecule has 70 valence electrons. The van der Waals surface area contributed by atoms with E-state index in [1.807, 2.05) is 0 Å². The van der Waals surface area contributed by atoms with E-state index >= 15 is 0 Å². The quantitative estimate of drug-likeness (QED) is 0.707. The predicted octanol–water partition coefficient (Wildman–Crippen LogP) is 1.68. The average Bonchev–Trinajstić information content (AvgIpc) is 2.08. The summed E-state index contributed by atoms with van der Waals surface area (Å²) >= 11 is 2.90. The highest BCUT2D eigenvalue weighted by molar-refractivity contribution is 9.10. The summed E-state index contributed by atoms with van der Waals surface area (Å²) < 4.78 is 13.0. The van der Waals surface area contributed by atoms with E-state index in [4.69, 9.17) is 0 Å². The lowest BCUT2D eigenvalue weighted by atomic mass is 10.2. The first-order valence-corrected chi connectivity index (χ1v) is 4.34. The van der Waals surface area contributed by atoms with Gasteiger partial charge in [0.2, 0.25) is 0 Å². The molecule has 1 amide bonds. The average molecular weight is 247 g/mol. The Morgan fingerprint density at radius 1 is 1.62 bits per heavy atom. The van der Waals surface area contributed by atoms with Crippen molar-refractivity contribution in [2.24, 2.45) is 0 Å². The first-order chi connectivity index (χ1) is 6.02. The van der Waals surface area contributed by atoms with Crippen molar-refractivity contribution in [3.05, 3.63) is 28.2 Å². The topological polar surface area (TPSA) is 33.2 Å². The number of nitrogens with zero attached hydrogens (tertiary/aromatic N) is 2. The van der Waals surface area contributed by atoms with Gasteiger partial charge in [0, 0.05) is 20.3 Å². The van der Waals surface area contributed by atoms with Crippen LogP contribution in [0.2, 0.25) is 0 Å². The fraction of sp³-hybridized carbons (Fsp3) is 0.250. The summed E-state index contributed by atoms with van der Waals surface area (Å²) in [6, 6.07) is 1.15. The van der Waals surface area contributed by atoms with Gasteiger partial charge in [-0.1, -0.05) is 0 Å². The Hall–Kier alpha value is -0.970. The molecule has 13 heavy (non-hydrogen) atoms. The van der Waals surface area contributed by atoms with Gasteiger partial charge in [0.25, 0.3) is 5.91 Å². The van der Waals surface area contributed by atoms with E-state index < -0.39 is 5.82 Å². The number of pyridine rings is 1. The molecule has 1 heterocycles. The van der Waals surface area contributed by atoms with Crippen LogP contribution in [0.3, 0.4) is 0 Å². The van der Waals surface area contributed by atoms with Crippen molar-refractivity contribution in [3.63, 3.8) is 0 Å². The van der Waals surface area contributed by atoms with E-state index in [0.717, 1.165) is 6.07 Å². The lowest BCUT2D eigenvalue weighted by Gasteiger charge is -2.09. The third-order valence-corrected chi connectivity index (χ3v) is 2.03. The van der Waals surface area contributed by atoms with E-state index in [1.165, 1.54) is 11.1 Å². The zero-order chi connectivity index (χ0) is 10.0. The van der Waals surface area contributed by atoms with Crippen LogP contribution in [0, 0.1) is 5.82 Å². The fourth-order valence-corrected chi connectivity index (χ4v) is 1.01. The molecule has 1 aromatic rings. The number of amides is 1. The van der Waals surface area contributed by atoms with Crippen LogP contribution in [0.15, 0.2) is 16.9 Å². The van der Waals surface area contributed by atoms with Crippen LogP contribution < -0.4 is 0 Å². The van der Waals surface area contributed by atoms with Crippen molar-refractivity contribution in [2.45, 2.75) is 0 Å². The highest BCUT2D eigenvalue weighted by atomic mass is 79.9. The molecule has 1 rings (SSSR count). The van der Waals surface area contributed by atoms with Crippen LogP contribution in [-0.2, 0) is 0 Å². The van der Waals surface area contributed by atoms with Crippen LogP contribution >= 0.6 is 15.9 Å². The molecule has 0 aliphatic heterocycles. The van der Waals surface area contributed by atoms with Gasteiger partial charge < -0.3 is 4.90 Å². The Kier molecular flexibility index (Phi) is 2.98. The summed E-state index contributed by atoms with van der Waals surface area (Å²) in [6.45, 7) is 0. The van der Waals surface area contributed by atoms with Crippen molar-refractivity contribution in [2.75, 3.05) is 14.1 Å². The first kappa shape index (κ1) is 10.1. The van der Waals surface area contributed by atoms with Gasteiger partial charge in [-0.3, -0.25) is 4.79 Å².